The van der Waals surface area contributed by atoms with Crippen LogP contribution in [0.2, 0.25) is 0 Å². The number of carbonyl (C=O) groups excluding carboxylic acids is 1. The van der Waals surface area contributed by atoms with E-state index in [0.29, 0.717) is 24.2 Å². The summed E-state index contributed by atoms with van der Waals surface area (Å²) in [6, 6.07) is 12.0. The average Bonchev–Trinajstić information content (AvgIpc) is 2.66. The summed E-state index contributed by atoms with van der Waals surface area (Å²) in [5.74, 6) is -0.102. The van der Waals surface area contributed by atoms with Crippen molar-refractivity contribution in [3.63, 3.8) is 0 Å². The van der Waals surface area contributed by atoms with Gasteiger partial charge in [0, 0.05) is 42.5 Å². The highest BCUT2D eigenvalue weighted by Crippen LogP contribution is 2.27. The van der Waals surface area contributed by atoms with Crippen LogP contribution < -0.4 is 16.3 Å². The molecule has 0 aliphatic rings. The zero-order chi connectivity index (χ0) is 20.1. The van der Waals surface area contributed by atoms with E-state index in [0.717, 1.165) is 22.2 Å². The third-order valence-electron chi connectivity index (χ3n) is 4.34. The van der Waals surface area contributed by atoms with Crippen LogP contribution in [0.4, 0.5) is 11.4 Å². The molecule has 3 rings (SSSR count). The molecule has 0 atom stereocenters. The lowest BCUT2D eigenvalue weighted by atomic mass is 10.0. The van der Waals surface area contributed by atoms with E-state index in [1.165, 1.54) is 19.2 Å². The second-order valence-corrected chi connectivity index (χ2v) is 6.33. The van der Waals surface area contributed by atoms with Gasteiger partial charge in [-0.2, -0.15) is 0 Å². The summed E-state index contributed by atoms with van der Waals surface area (Å²) >= 11 is 0. The molecule has 0 saturated heterocycles. The van der Waals surface area contributed by atoms with E-state index in [4.69, 9.17) is 9.15 Å². The number of hydrogen-bond donors (Lipinski definition) is 3. The molecule has 146 valence electrons. The number of hydrogen-bond acceptors (Lipinski definition) is 6. The Bertz CT molecular complexity index is 1040. The average molecular weight is 382 g/mol. The van der Waals surface area contributed by atoms with E-state index in [-0.39, 0.29) is 18.3 Å². The van der Waals surface area contributed by atoms with Crippen LogP contribution in [0.25, 0.3) is 11.0 Å². The first kappa shape index (κ1) is 19.4. The number of rotatable bonds is 7. The summed E-state index contributed by atoms with van der Waals surface area (Å²) in [5.41, 5.74) is 2.96. The molecule has 7 heteroatoms. The van der Waals surface area contributed by atoms with Gasteiger partial charge in [-0.3, -0.25) is 4.79 Å². The Morgan fingerprint density at radius 3 is 2.50 bits per heavy atom. The predicted molar refractivity (Wildman–Crippen MR) is 108 cm³/mol. The van der Waals surface area contributed by atoms with Crippen molar-refractivity contribution in [1.82, 2.24) is 0 Å². The minimum Gasteiger partial charge on any atom is -0.508 e. The van der Waals surface area contributed by atoms with E-state index in [1.807, 2.05) is 25.1 Å². The molecule has 0 aliphatic heterocycles. The zero-order valence-corrected chi connectivity index (χ0v) is 15.7. The number of phenols is 1. The van der Waals surface area contributed by atoms with Crippen LogP contribution in [0.5, 0.6) is 5.75 Å². The van der Waals surface area contributed by atoms with Crippen molar-refractivity contribution >= 4 is 28.3 Å². The van der Waals surface area contributed by atoms with Crippen LogP contribution in [0, 0.1) is 0 Å². The number of methoxy groups -OCH3 is 1. The molecule has 1 amide bonds. The minimum atomic E-state index is -0.468. The predicted octanol–water partition coefficient (Wildman–Crippen LogP) is 3.26. The van der Waals surface area contributed by atoms with Crippen molar-refractivity contribution < 1.29 is 19.1 Å². The number of benzene rings is 2. The number of fused-ring (bicyclic) bond motifs is 1. The number of aryl methyl sites for hydroxylation is 1. The van der Waals surface area contributed by atoms with Gasteiger partial charge in [-0.05, 0) is 47.9 Å². The van der Waals surface area contributed by atoms with E-state index in [9.17, 15) is 14.7 Å². The first-order valence-corrected chi connectivity index (χ1v) is 8.91. The third-order valence-corrected chi connectivity index (χ3v) is 4.34. The number of anilines is 2. The lowest BCUT2D eigenvalue weighted by Crippen LogP contribution is -2.16. The molecule has 0 saturated carbocycles. The van der Waals surface area contributed by atoms with Gasteiger partial charge in [0.25, 0.3) is 0 Å². The quantitative estimate of drug-likeness (QED) is 0.542. The first-order chi connectivity index (χ1) is 13.5. The Balaban J connectivity index is 1.78. The van der Waals surface area contributed by atoms with Crippen molar-refractivity contribution in [3.05, 3.63) is 64.0 Å². The molecule has 0 spiro atoms. The molecule has 0 unspecified atom stereocenters. The van der Waals surface area contributed by atoms with Crippen LogP contribution in [-0.2, 0) is 22.5 Å². The minimum absolute atomic E-state index is 0.00102. The van der Waals surface area contributed by atoms with Gasteiger partial charge in [0.15, 0.2) is 0 Å². The van der Waals surface area contributed by atoms with Crippen molar-refractivity contribution in [2.75, 3.05) is 24.4 Å². The van der Waals surface area contributed by atoms with Gasteiger partial charge in [-0.1, -0.05) is 6.92 Å². The normalized spacial score (nSPS) is 10.8. The number of amides is 1. The number of carbonyl (C=O) groups is 1. The molecule has 2 aromatic carbocycles. The van der Waals surface area contributed by atoms with Crippen LogP contribution in [0.15, 0.2) is 51.7 Å². The summed E-state index contributed by atoms with van der Waals surface area (Å²) in [5, 5.41) is 16.8. The van der Waals surface area contributed by atoms with Crippen molar-refractivity contribution in [1.29, 1.82) is 0 Å². The standard InChI is InChI=1S/C21H22N2O5/c1-3-13-8-17-14(9-21(26)28-19(17)10-18(13)24)11-22-15-4-6-16(7-5-15)23-20(25)12-27-2/h4-10,22,24H,3,11-12H2,1-2H3,(H,23,25). The van der Waals surface area contributed by atoms with Crippen molar-refractivity contribution in [2.24, 2.45) is 0 Å². The fourth-order valence-corrected chi connectivity index (χ4v) is 2.93. The van der Waals surface area contributed by atoms with Crippen LogP contribution >= 0.6 is 0 Å². The third kappa shape index (κ3) is 4.50. The van der Waals surface area contributed by atoms with E-state index in [2.05, 4.69) is 10.6 Å². The lowest BCUT2D eigenvalue weighted by molar-refractivity contribution is -0.119. The molecule has 1 heterocycles. The molecular weight excluding hydrogens is 360 g/mol. The monoisotopic (exact) mass is 382 g/mol. The molecule has 7 nitrogen and oxygen atoms in total. The van der Waals surface area contributed by atoms with Gasteiger partial charge < -0.3 is 24.9 Å². The van der Waals surface area contributed by atoms with Crippen LogP contribution in [0.3, 0.4) is 0 Å². The largest absolute Gasteiger partial charge is 0.508 e. The SMILES string of the molecule is CCc1cc2c(CNc3ccc(NC(=O)COC)cc3)cc(=O)oc2cc1O. The van der Waals surface area contributed by atoms with Gasteiger partial charge in [0.2, 0.25) is 5.91 Å². The van der Waals surface area contributed by atoms with E-state index >= 15 is 0 Å². The van der Waals surface area contributed by atoms with Gasteiger partial charge >= 0.3 is 5.63 Å². The molecule has 3 aromatic rings. The molecular formula is C21H22N2O5. The highest BCUT2D eigenvalue weighted by Gasteiger charge is 2.10. The Morgan fingerprint density at radius 2 is 1.82 bits per heavy atom. The maximum absolute atomic E-state index is 11.9. The smallest absolute Gasteiger partial charge is 0.336 e. The highest BCUT2D eigenvalue weighted by molar-refractivity contribution is 5.91. The van der Waals surface area contributed by atoms with Gasteiger partial charge in [-0.15, -0.1) is 0 Å². The second-order valence-electron chi connectivity index (χ2n) is 6.33. The van der Waals surface area contributed by atoms with Crippen molar-refractivity contribution in [3.8, 4) is 5.75 Å². The Hall–Kier alpha value is -3.32. The fraction of sp³-hybridized carbons (Fsp3) is 0.238. The maximum atomic E-state index is 11.9. The highest BCUT2D eigenvalue weighted by atomic mass is 16.5. The summed E-state index contributed by atoms with van der Waals surface area (Å²) in [7, 11) is 1.46. The first-order valence-electron chi connectivity index (χ1n) is 8.91. The molecule has 3 N–H and O–H groups in total. The topological polar surface area (TPSA) is 101 Å². The fourth-order valence-electron chi connectivity index (χ4n) is 2.93. The zero-order valence-electron chi connectivity index (χ0n) is 15.7. The number of phenolic OH excluding ortho intramolecular Hbond substituents is 1. The second kappa shape index (κ2) is 8.58. The lowest BCUT2D eigenvalue weighted by Gasteiger charge is -2.11. The van der Waals surface area contributed by atoms with Gasteiger partial charge in [0.05, 0.1) is 0 Å². The van der Waals surface area contributed by atoms with E-state index in [1.54, 1.807) is 12.1 Å². The number of nitrogens with one attached hydrogen (secondary N) is 2. The van der Waals surface area contributed by atoms with Gasteiger partial charge in [0.1, 0.15) is 17.9 Å². The van der Waals surface area contributed by atoms with Gasteiger partial charge in [-0.25, -0.2) is 4.79 Å². The molecule has 0 radical (unpaired) electrons. The number of aromatic hydroxyl groups is 1. The van der Waals surface area contributed by atoms with Crippen LogP contribution in [0.1, 0.15) is 18.1 Å². The molecule has 0 fully saturated rings. The molecule has 1 aromatic heterocycles. The van der Waals surface area contributed by atoms with Crippen molar-refractivity contribution in [2.45, 2.75) is 19.9 Å². The summed E-state index contributed by atoms with van der Waals surface area (Å²) in [6.07, 6.45) is 0.671. The molecule has 28 heavy (non-hydrogen) atoms. The summed E-state index contributed by atoms with van der Waals surface area (Å²) in [4.78, 5) is 23.4. The van der Waals surface area contributed by atoms with E-state index < -0.39 is 5.63 Å². The molecule has 0 bridgehead atoms. The molecule has 0 aliphatic carbocycles. The maximum Gasteiger partial charge on any atom is 0.336 e. The summed E-state index contributed by atoms with van der Waals surface area (Å²) in [6.45, 7) is 2.36. The summed E-state index contributed by atoms with van der Waals surface area (Å²) < 4.78 is 10.00. The Morgan fingerprint density at radius 1 is 1.11 bits per heavy atom. The Kier molecular flexibility index (Phi) is 5.96. The number of ether oxygens (including phenoxy) is 1. The van der Waals surface area contributed by atoms with Crippen LogP contribution in [-0.4, -0.2) is 24.7 Å². The Labute approximate surface area is 161 Å².